The molecule has 0 fully saturated rings. The molecule has 6 nitrogen and oxygen atoms in total. The predicted molar refractivity (Wildman–Crippen MR) is 110 cm³/mol. The molecule has 2 heterocycles. The largest absolute Gasteiger partial charge is 0.357 e. The first-order valence-electron chi connectivity index (χ1n) is 9.42. The van der Waals surface area contributed by atoms with Crippen molar-refractivity contribution in [2.45, 2.75) is 52.2 Å². The molecular formula is C19H26Cl2N6. The van der Waals surface area contributed by atoms with Crippen LogP contribution >= 0.6 is 23.2 Å². The van der Waals surface area contributed by atoms with Crippen LogP contribution in [0.4, 0.5) is 0 Å². The van der Waals surface area contributed by atoms with Crippen molar-refractivity contribution >= 4 is 29.2 Å². The highest BCUT2D eigenvalue weighted by molar-refractivity contribution is 6.42. The third-order valence-corrected chi connectivity index (χ3v) is 5.40. The number of fused-ring (bicyclic) bond motifs is 1. The van der Waals surface area contributed by atoms with Gasteiger partial charge in [-0.2, -0.15) is 0 Å². The molecular weight excluding hydrogens is 383 g/mol. The summed E-state index contributed by atoms with van der Waals surface area (Å²) in [6.45, 7) is 5.04. The first kappa shape index (κ1) is 20.0. The second kappa shape index (κ2) is 9.42. The molecule has 1 N–H and O–H groups in total. The molecule has 146 valence electrons. The average Bonchev–Trinajstić information content (AvgIpc) is 2.88. The lowest BCUT2D eigenvalue weighted by atomic mass is 10.2. The second-order valence-corrected chi connectivity index (χ2v) is 7.58. The minimum atomic E-state index is 0.515. The number of nitrogens with zero attached hydrogens (tertiary/aromatic N) is 5. The van der Waals surface area contributed by atoms with Gasteiger partial charge in [-0.1, -0.05) is 35.7 Å². The van der Waals surface area contributed by atoms with Gasteiger partial charge in [0, 0.05) is 33.1 Å². The fourth-order valence-electron chi connectivity index (χ4n) is 3.26. The van der Waals surface area contributed by atoms with Gasteiger partial charge in [-0.3, -0.25) is 0 Å². The van der Waals surface area contributed by atoms with Crippen molar-refractivity contribution in [2.75, 3.05) is 13.6 Å². The van der Waals surface area contributed by atoms with Crippen LogP contribution in [0.3, 0.4) is 0 Å². The first-order valence-corrected chi connectivity index (χ1v) is 10.2. The van der Waals surface area contributed by atoms with Gasteiger partial charge < -0.3 is 14.8 Å². The van der Waals surface area contributed by atoms with E-state index in [-0.39, 0.29) is 0 Å². The van der Waals surface area contributed by atoms with Crippen molar-refractivity contribution in [1.29, 1.82) is 0 Å². The Labute approximate surface area is 170 Å². The van der Waals surface area contributed by atoms with Crippen molar-refractivity contribution < 1.29 is 0 Å². The zero-order valence-corrected chi connectivity index (χ0v) is 17.4. The molecule has 3 rings (SSSR count). The van der Waals surface area contributed by atoms with Crippen LogP contribution in [-0.2, 0) is 26.1 Å². The smallest absolute Gasteiger partial charge is 0.194 e. The Morgan fingerprint density at radius 3 is 2.85 bits per heavy atom. The summed E-state index contributed by atoms with van der Waals surface area (Å²) >= 11 is 12.1. The van der Waals surface area contributed by atoms with Gasteiger partial charge >= 0.3 is 0 Å². The maximum absolute atomic E-state index is 6.13. The summed E-state index contributed by atoms with van der Waals surface area (Å²) in [7, 11) is 2.01. The molecule has 0 atom stereocenters. The van der Waals surface area contributed by atoms with Crippen molar-refractivity contribution in [3.05, 3.63) is 45.5 Å². The molecule has 27 heavy (non-hydrogen) atoms. The highest BCUT2D eigenvalue weighted by atomic mass is 35.5. The Bertz CT molecular complexity index is 801. The number of halogens is 2. The van der Waals surface area contributed by atoms with Crippen LogP contribution in [-0.4, -0.2) is 39.2 Å². The fourth-order valence-corrected chi connectivity index (χ4v) is 3.58. The van der Waals surface area contributed by atoms with Gasteiger partial charge in [0.05, 0.1) is 10.0 Å². The predicted octanol–water partition coefficient (Wildman–Crippen LogP) is 3.91. The molecule has 0 bridgehead atoms. The lowest BCUT2D eigenvalue weighted by molar-refractivity contribution is 0.475. The molecule has 0 saturated carbocycles. The Hall–Kier alpha value is -1.79. The lowest BCUT2D eigenvalue weighted by Crippen LogP contribution is -2.38. The first-order chi connectivity index (χ1) is 13.1. The minimum Gasteiger partial charge on any atom is -0.357 e. The zero-order chi connectivity index (χ0) is 19.2. The minimum absolute atomic E-state index is 0.515. The van der Waals surface area contributed by atoms with E-state index in [1.54, 1.807) is 0 Å². The van der Waals surface area contributed by atoms with Crippen molar-refractivity contribution in [2.24, 2.45) is 4.99 Å². The highest BCUT2D eigenvalue weighted by Crippen LogP contribution is 2.23. The van der Waals surface area contributed by atoms with Crippen LogP contribution in [0.15, 0.2) is 23.2 Å². The molecule has 1 aliphatic rings. The summed E-state index contributed by atoms with van der Waals surface area (Å²) in [5.41, 5.74) is 1.08. The SMILES string of the molecule is CCNC(=NCc1nnc2n1CCCCC2)N(C)Cc1ccc(Cl)c(Cl)c1. The van der Waals surface area contributed by atoms with E-state index in [0.717, 1.165) is 42.7 Å². The van der Waals surface area contributed by atoms with E-state index in [2.05, 4.69) is 31.9 Å². The maximum atomic E-state index is 6.13. The average molecular weight is 409 g/mol. The lowest BCUT2D eigenvalue weighted by Gasteiger charge is -2.22. The van der Waals surface area contributed by atoms with Crippen LogP contribution in [0.5, 0.6) is 0 Å². The zero-order valence-electron chi connectivity index (χ0n) is 15.9. The van der Waals surface area contributed by atoms with E-state index >= 15 is 0 Å². The topological polar surface area (TPSA) is 58.3 Å². The van der Waals surface area contributed by atoms with Gasteiger partial charge in [0.1, 0.15) is 12.4 Å². The van der Waals surface area contributed by atoms with E-state index in [1.807, 2.05) is 25.2 Å². The van der Waals surface area contributed by atoms with E-state index in [9.17, 15) is 0 Å². The van der Waals surface area contributed by atoms with Gasteiger partial charge in [-0.25, -0.2) is 4.99 Å². The van der Waals surface area contributed by atoms with E-state index in [1.165, 1.54) is 19.3 Å². The third-order valence-electron chi connectivity index (χ3n) is 4.66. The highest BCUT2D eigenvalue weighted by Gasteiger charge is 2.15. The van der Waals surface area contributed by atoms with Crippen molar-refractivity contribution in [3.8, 4) is 0 Å². The second-order valence-electron chi connectivity index (χ2n) is 6.77. The Morgan fingerprint density at radius 2 is 2.07 bits per heavy atom. The molecule has 0 radical (unpaired) electrons. The summed E-state index contributed by atoms with van der Waals surface area (Å²) in [5.74, 6) is 2.85. The number of aryl methyl sites for hydroxylation is 1. The quantitative estimate of drug-likeness (QED) is 0.601. The molecule has 1 aromatic heterocycles. The number of guanidine groups is 1. The van der Waals surface area contributed by atoms with Crippen molar-refractivity contribution in [1.82, 2.24) is 25.0 Å². The normalized spacial score (nSPS) is 14.6. The van der Waals surface area contributed by atoms with Crippen LogP contribution in [0.1, 0.15) is 43.4 Å². The molecule has 1 aliphatic heterocycles. The Morgan fingerprint density at radius 1 is 1.22 bits per heavy atom. The van der Waals surface area contributed by atoms with Gasteiger partial charge in [-0.05, 0) is 37.5 Å². The number of hydrogen-bond acceptors (Lipinski definition) is 3. The van der Waals surface area contributed by atoms with Crippen LogP contribution in [0.25, 0.3) is 0 Å². The van der Waals surface area contributed by atoms with Gasteiger partial charge in [0.15, 0.2) is 11.8 Å². The maximum Gasteiger partial charge on any atom is 0.194 e. The molecule has 0 aliphatic carbocycles. The summed E-state index contributed by atoms with van der Waals surface area (Å²) in [6.07, 6.45) is 4.63. The number of nitrogens with one attached hydrogen (secondary N) is 1. The van der Waals surface area contributed by atoms with E-state index < -0.39 is 0 Å². The summed E-state index contributed by atoms with van der Waals surface area (Å²) in [6, 6.07) is 5.69. The number of aliphatic imine (C=N–C) groups is 1. The van der Waals surface area contributed by atoms with E-state index in [0.29, 0.717) is 23.1 Å². The summed E-state index contributed by atoms with van der Waals surface area (Å²) < 4.78 is 2.24. The molecule has 0 amide bonds. The van der Waals surface area contributed by atoms with Crippen molar-refractivity contribution in [3.63, 3.8) is 0 Å². The Balaban J connectivity index is 1.72. The van der Waals surface area contributed by atoms with Crippen LogP contribution < -0.4 is 5.32 Å². The molecule has 8 heteroatoms. The van der Waals surface area contributed by atoms with Gasteiger partial charge in [0.25, 0.3) is 0 Å². The van der Waals surface area contributed by atoms with E-state index in [4.69, 9.17) is 28.2 Å². The molecule has 0 spiro atoms. The van der Waals surface area contributed by atoms with Crippen LogP contribution in [0, 0.1) is 0 Å². The summed E-state index contributed by atoms with van der Waals surface area (Å²) in [4.78, 5) is 6.85. The number of rotatable bonds is 5. The third kappa shape index (κ3) is 5.14. The standard InChI is InChI=1S/C19H26Cl2N6/c1-3-22-19(26(2)13-14-8-9-15(20)16(21)11-14)23-12-18-25-24-17-7-5-4-6-10-27(17)18/h8-9,11H,3-7,10,12-13H2,1-2H3,(H,22,23). The molecule has 0 unspecified atom stereocenters. The molecule has 1 aromatic carbocycles. The molecule has 2 aromatic rings. The fraction of sp³-hybridized carbons (Fsp3) is 0.526. The van der Waals surface area contributed by atoms with Gasteiger partial charge in [-0.15, -0.1) is 10.2 Å². The number of hydrogen-bond donors (Lipinski definition) is 1. The number of benzene rings is 1. The Kier molecular flexibility index (Phi) is 6.96. The molecule has 0 saturated heterocycles. The monoisotopic (exact) mass is 408 g/mol. The number of aromatic nitrogens is 3. The van der Waals surface area contributed by atoms with Gasteiger partial charge in [0.2, 0.25) is 0 Å². The summed E-state index contributed by atoms with van der Waals surface area (Å²) in [5, 5.41) is 13.2. The van der Waals surface area contributed by atoms with Crippen LogP contribution in [0.2, 0.25) is 10.0 Å².